The van der Waals surface area contributed by atoms with Gasteiger partial charge in [0.2, 0.25) is 0 Å². The summed E-state index contributed by atoms with van der Waals surface area (Å²) < 4.78 is 0. The third-order valence-corrected chi connectivity index (χ3v) is 3.79. The number of nitro groups is 1. The molecule has 1 fully saturated rings. The van der Waals surface area contributed by atoms with Crippen LogP contribution in [0, 0.1) is 16.0 Å². The molecule has 1 aliphatic rings. The normalized spacial score (nSPS) is 22.6. The first-order valence-corrected chi connectivity index (χ1v) is 6.68. The van der Waals surface area contributed by atoms with Crippen molar-refractivity contribution < 1.29 is 14.8 Å². The number of aromatic hydroxyl groups is 1. The van der Waals surface area contributed by atoms with Crippen LogP contribution in [0.5, 0.6) is 5.75 Å². The molecule has 1 saturated heterocycles. The summed E-state index contributed by atoms with van der Waals surface area (Å²) in [4.78, 5) is 24.6. The van der Waals surface area contributed by atoms with E-state index in [9.17, 15) is 20.0 Å². The van der Waals surface area contributed by atoms with Crippen molar-refractivity contribution >= 4 is 11.6 Å². The number of phenolic OH excluding ortho intramolecular Hbond substituents is 1. The van der Waals surface area contributed by atoms with Crippen molar-refractivity contribution in [2.45, 2.75) is 32.7 Å². The molecule has 1 N–H and O–H groups in total. The quantitative estimate of drug-likeness (QED) is 0.665. The van der Waals surface area contributed by atoms with Gasteiger partial charge in [0.15, 0.2) is 0 Å². The van der Waals surface area contributed by atoms with Gasteiger partial charge < -0.3 is 10.0 Å². The van der Waals surface area contributed by atoms with E-state index in [4.69, 9.17) is 0 Å². The number of hydrogen-bond acceptors (Lipinski definition) is 4. The first-order chi connectivity index (χ1) is 9.40. The highest BCUT2D eigenvalue weighted by molar-refractivity contribution is 5.98. The fraction of sp³-hybridized carbons (Fsp3) is 0.500. The number of rotatable bonds is 2. The second-order valence-electron chi connectivity index (χ2n) is 5.45. The molecule has 108 valence electrons. The summed E-state index contributed by atoms with van der Waals surface area (Å²) in [5, 5.41) is 20.5. The third-order valence-electron chi connectivity index (χ3n) is 3.79. The van der Waals surface area contributed by atoms with Gasteiger partial charge in [0.05, 0.1) is 4.92 Å². The van der Waals surface area contributed by atoms with Gasteiger partial charge in [0.25, 0.3) is 11.6 Å². The third kappa shape index (κ3) is 2.74. The summed E-state index contributed by atoms with van der Waals surface area (Å²) in [6, 6.07) is 3.62. The van der Waals surface area contributed by atoms with E-state index in [1.807, 2.05) is 6.92 Å². The van der Waals surface area contributed by atoms with Crippen LogP contribution in [0.2, 0.25) is 0 Å². The Bertz CT molecular complexity index is 544. The van der Waals surface area contributed by atoms with Crippen LogP contribution < -0.4 is 0 Å². The van der Waals surface area contributed by atoms with Crippen LogP contribution in [0.15, 0.2) is 18.2 Å². The highest BCUT2D eigenvalue weighted by atomic mass is 16.6. The second-order valence-corrected chi connectivity index (χ2v) is 5.45. The van der Waals surface area contributed by atoms with E-state index in [-0.39, 0.29) is 28.9 Å². The minimum absolute atomic E-state index is 0.0454. The molecule has 1 aromatic carbocycles. The zero-order valence-corrected chi connectivity index (χ0v) is 11.6. The molecule has 0 radical (unpaired) electrons. The summed E-state index contributed by atoms with van der Waals surface area (Å²) >= 11 is 0. The molecule has 2 rings (SSSR count). The zero-order valence-electron chi connectivity index (χ0n) is 11.6. The van der Waals surface area contributed by atoms with E-state index in [1.54, 1.807) is 4.90 Å². The summed E-state index contributed by atoms with van der Waals surface area (Å²) in [5.74, 6) is -0.144. The number of nitro benzene ring substituents is 1. The fourth-order valence-electron chi connectivity index (χ4n) is 2.58. The Kier molecular flexibility index (Phi) is 3.92. The Morgan fingerprint density at radius 1 is 1.40 bits per heavy atom. The Morgan fingerprint density at radius 3 is 2.75 bits per heavy atom. The standard InChI is InChI=1S/C14H18N2O4/c1-9-3-4-10(2)15(8-9)14(18)12-7-11(17)5-6-13(12)16(19)20/h5-7,9-10,17H,3-4,8H2,1-2H3. The molecule has 0 spiro atoms. The number of likely N-dealkylation sites (tertiary alicyclic amines) is 1. The monoisotopic (exact) mass is 278 g/mol. The molecule has 1 aliphatic heterocycles. The van der Waals surface area contributed by atoms with Gasteiger partial charge in [-0.15, -0.1) is 0 Å². The number of piperidine rings is 1. The van der Waals surface area contributed by atoms with Crippen LogP contribution in [0.4, 0.5) is 5.69 Å². The average Bonchev–Trinajstić information content (AvgIpc) is 2.40. The molecule has 20 heavy (non-hydrogen) atoms. The molecule has 1 amide bonds. The molecular weight excluding hydrogens is 260 g/mol. The van der Waals surface area contributed by atoms with Crippen LogP contribution in [0.25, 0.3) is 0 Å². The number of hydrogen-bond donors (Lipinski definition) is 1. The molecule has 6 nitrogen and oxygen atoms in total. The van der Waals surface area contributed by atoms with Crippen molar-refractivity contribution in [3.05, 3.63) is 33.9 Å². The predicted molar refractivity (Wildman–Crippen MR) is 73.7 cm³/mol. The van der Waals surface area contributed by atoms with E-state index < -0.39 is 4.92 Å². The molecule has 1 heterocycles. The number of carbonyl (C=O) groups is 1. The Morgan fingerprint density at radius 2 is 2.10 bits per heavy atom. The van der Waals surface area contributed by atoms with Gasteiger partial charge in [0.1, 0.15) is 11.3 Å². The summed E-state index contributed by atoms with van der Waals surface area (Å²) in [7, 11) is 0. The Balaban J connectivity index is 2.37. The van der Waals surface area contributed by atoms with Gasteiger partial charge in [-0.1, -0.05) is 6.92 Å². The number of phenols is 1. The lowest BCUT2D eigenvalue weighted by atomic mass is 9.94. The van der Waals surface area contributed by atoms with Crippen molar-refractivity contribution in [2.24, 2.45) is 5.92 Å². The van der Waals surface area contributed by atoms with Crippen LogP contribution in [0.1, 0.15) is 37.0 Å². The van der Waals surface area contributed by atoms with Gasteiger partial charge in [0, 0.05) is 18.7 Å². The lowest BCUT2D eigenvalue weighted by Crippen LogP contribution is -2.45. The molecule has 0 saturated carbocycles. The molecule has 0 aliphatic carbocycles. The maximum Gasteiger partial charge on any atom is 0.282 e. The lowest BCUT2D eigenvalue weighted by Gasteiger charge is -2.36. The SMILES string of the molecule is CC1CCC(C)N(C(=O)c2cc(O)ccc2[N+](=O)[O-])C1. The average molecular weight is 278 g/mol. The molecule has 2 atom stereocenters. The summed E-state index contributed by atoms with van der Waals surface area (Å²) in [5.41, 5.74) is -0.311. The second kappa shape index (κ2) is 5.48. The minimum Gasteiger partial charge on any atom is -0.508 e. The molecular formula is C14H18N2O4. The number of amides is 1. The van der Waals surface area contributed by atoms with Gasteiger partial charge in [-0.2, -0.15) is 0 Å². The first kappa shape index (κ1) is 14.3. The fourth-order valence-corrected chi connectivity index (χ4v) is 2.58. The number of benzene rings is 1. The Hall–Kier alpha value is -2.11. The largest absolute Gasteiger partial charge is 0.508 e. The predicted octanol–water partition coefficient (Wildman–Crippen LogP) is 2.56. The molecule has 0 bridgehead atoms. The molecule has 2 unspecified atom stereocenters. The van der Waals surface area contributed by atoms with Crippen LogP contribution in [-0.4, -0.2) is 33.4 Å². The van der Waals surface area contributed by atoms with Crippen LogP contribution in [0.3, 0.4) is 0 Å². The summed E-state index contributed by atoms with van der Waals surface area (Å²) in [6.45, 7) is 4.59. The first-order valence-electron chi connectivity index (χ1n) is 6.68. The lowest BCUT2D eigenvalue weighted by molar-refractivity contribution is -0.385. The highest BCUT2D eigenvalue weighted by Gasteiger charge is 2.31. The minimum atomic E-state index is -0.593. The maximum atomic E-state index is 12.5. The van der Waals surface area contributed by atoms with E-state index in [2.05, 4.69) is 6.92 Å². The van der Waals surface area contributed by atoms with E-state index in [0.717, 1.165) is 12.8 Å². The molecule has 1 aromatic rings. The number of carbonyl (C=O) groups excluding carboxylic acids is 1. The topological polar surface area (TPSA) is 83.7 Å². The van der Waals surface area contributed by atoms with Gasteiger partial charge >= 0.3 is 0 Å². The summed E-state index contributed by atoms with van der Waals surface area (Å²) in [6.07, 6.45) is 1.94. The van der Waals surface area contributed by atoms with E-state index in [1.165, 1.54) is 18.2 Å². The number of nitrogens with zero attached hydrogens (tertiary/aromatic N) is 2. The van der Waals surface area contributed by atoms with Crippen molar-refractivity contribution in [2.75, 3.05) is 6.54 Å². The molecule has 6 heteroatoms. The van der Waals surface area contributed by atoms with Gasteiger partial charge in [-0.25, -0.2) is 0 Å². The van der Waals surface area contributed by atoms with E-state index in [0.29, 0.717) is 12.5 Å². The van der Waals surface area contributed by atoms with Crippen molar-refractivity contribution in [3.63, 3.8) is 0 Å². The molecule has 0 aromatic heterocycles. The van der Waals surface area contributed by atoms with Gasteiger partial charge in [-0.3, -0.25) is 14.9 Å². The van der Waals surface area contributed by atoms with E-state index >= 15 is 0 Å². The maximum absolute atomic E-state index is 12.5. The van der Waals surface area contributed by atoms with Crippen molar-refractivity contribution in [3.8, 4) is 5.75 Å². The Labute approximate surface area is 117 Å². The van der Waals surface area contributed by atoms with Gasteiger partial charge in [-0.05, 0) is 37.8 Å². The van der Waals surface area contributed by atoms with Crippen LogP contribution >= 0.6 is 0 Å². The zero-order chi connectivity index (χ0) is 14.9. The van der Waals surface area contributed by atoms with Crippen LogP contribution in [-0.2, 0) is 0 Å². The van der Waals surface area contributed by atoms with Crippen molar-refractivity contribution in [1.82, 2.24) is 4.90 Å². The smallest absolute Gasteiger partial charge is 0.282 e. The highest BCUT2D eigenvalue weighted by Crippen LogP contribution is 2.28. The van der Waals surface area contributed by atoms with Crippen molar-refractivity contribution in [1.29, 1.82) is 0 Å².